The topological polar surface area (TPSA) is 86.5 Å². The zero-order valence-corrected chi connectivity index (χ0v) is 14.8. The number of nitrogens with one attached hydrogen (secondary N) is 1. The summed E-state index contributed by atoms with van der Waals surface area (Å²) >= 11 is 0. The van der Waals surface area contributed by atoms with Gasteiger partial charge in [0.15, 0.2) is 12.3 Å². The summed E-state index contributed by atoms with van der Waals surface area (Å²) in [7, 11) is 1.59. The lowest BCUT2D eigenvalue weighted by Crippen LogP contribution is -2.21. The van der Waals surface area contributed by atoms with Crippen LogP contribution in [0.4, 0.5) is 5.82 Å². The molecular formula is C19H19N3O4. The van der Waals surface area contributed by atoms with Crippen molar-refractivity contribution in [1.29, 1.82) is 0 Å². The highest BCUT2D eigenvalue weighted by Gasteiger charge is 2.16. The zero-order valence-electron chi connectivity index (χ0n) is 14.8. The molecule has 1 aromatic heterocycles. The largest absolute Gasteiger partial charge is 0.497 e. The van der Waals surface area contributed by atoms with Crippen LogP contribution in [0.5, 0.6) is 11.5 Å². The number of para-hydroxylation sites is 1. The number of aryl methyl sites for hydroxylation is 2. The molecule has 3 rings (SSSR count). The van der Waals surface area contributed by atoms with E-state index < -0.39 is 0 Å². The lowest BCUT2D eigenvalue weighted by atomic mass is 10.1. The van der Waals surface area contributed by atoms with Crippen LogP contribution >= 0.6 is 0 Å². The minimum atomic E-state index is -0.349. The third kappa shape index (κ3) is 3.83. The number of anilines is 1. The SMILES string of the molecule is COc1ccc(-c2nonc2NC(=O)COc2c(C)cccc2C)cc1. The predicted octanol–water partition coefficient (Wildman–Crippen LogP) is 3.38. The van der Waals surface area contributed by atoms with Gasteiger partial charge in [0.05, 0.1) is 7.11 Å². The minimum Gasteiger partial charge on any atom is -0.497 e. The van der Waals surface area contributed by atoms with Crippen LogP contribution in [0.1, 0.15) is 11.1 Å². The van der Waals surface area contributed by atoms with E-state index >= 15 is 0 Å². The van der Waals surface area contributed by atoms with Crippen molar-refractivity contribution < 1.29 is 18.9 Å². The molecule has 0 saturated heterocycles. The summed E-state index contributed by atoms with van der Waals surface area (Å²) in [6.07, 6.45) is 0. The van der Waals surface area contributed by atoms with Gasteiger partial charge in [-0.15, -0.1) is 0 Å². The Morgan fingerprint density at radius 3 is 2.42 bits per heavy atom. The number of hydrogen-bond donors (Lipinski definition) is 1. The first-order chi connectivity index (χ1) is 12.6. The number of ether oxygens (including phenoxy) is 2. The molecule has 2 aromatic carbocycles. The van der Waals surface area contributed by atoms with Crippen LogP contribution in [0.2, 0.25) is 0 Å². The Morgan fingerprint density at radius 2 is 1.77 bits per heavy atom. The maximum absolute atomic E-state index is 12.2. The van der Waals surface area contributed by atoms with E-state index in [2.05, 4.69) is 15.6 Å². The van der Waals surface area contributed by atoms with E-state index in [4.69, 9.17) is 14.1 Å². The molecule has 0 radical (unpaired) electrons. The smallest absolute Gasteiger partial charge is 0.263 e. The van der Waals surface area contributed by atoms with Crippen molar-refractivity contribution in [3.8, 4) is 22.8 Å². The van der Waals surface area contributed by atoms with Gasteiger partial charge in [-0.3, -0.25) is 4.79 Å². The van der Waals surface area contributed by atoms with Crippen LogP contribution in [0.25, 0.3) is 11.3 Å². The summed E-state index contributed by atoms with van der Waals surface area (Å²) in [4.78, 5) is 12.2. The van der Waals surface area contributed by atoms with E-state index in [-0.39, 0.29) is 18.3 Å². The van der Waals surface area contributed by atoms with Crippen molar-refractivity contribution in [3.63, 3.8) is 0 Å². The quantitative estimate of drug-likeness (QED) is 0.731. The number of amides is 1. The molecule has 0 unspecified atom stereocenters. The van der Waals surface area contributed by atoms with Crippen molar-refractivity contribution in [1.82, 2.24) is 10.3 Å². The first kappa shape index (κ1) is 17.5. The molecule has 7 nitrogen and oxygen atoms in total. The molecule has 3 aromatic rings. The first-order valence-corrected chi connectivity index (χ1v) is 8.04. The first-order valence-electron chi connectivity index (χ1n) is 8.04. The van der Waals surface area contributed by atoms with Crippen molar-refractivity contribution in [3.05, 3.63) is 53.6 Å². The number of hydrogen-bond acceptors (Lipinski definition) is 6. The average molecular weight is 353 g/mol. The van der Waals surface area contributed by atoms with Crippen molar-refractivity contribution in [2.24, 2.45) is 0 Å². The van der Waals surface area contributed by atoms with Gasteiger partial charge in [0.2, 0.25) is 5.82 Å². The lowest BCUT2D eigenvalue weighted by molar-refractivity contribution is -0.118. The fourth-order valence-corrected chi connectivity index (χ4v) is 2.54. The third-order valence-corrected chi connectivity index (χ3v) is 3.87. The average Bonchev–Trinajstić information content (AvgIpc) is 3.09. The molecule has 0 saturated carbocycles. The summed E-state index contributed by atoms with van der Waals surface area (Å²) in [6.45, 7) is 3.73. The van der Waals surface area contributed by atoms with E-state index in [1.54, 1.807) is 31.4 Å². The Balaban J connectivity index is 1.68. The van der Waals surface area contributed by atoms with Crippen LogP contribution in [-0.4, -0.2) is 29.9 Å². The van der Waals surface area contributed by atoms with Gasteiger partial charge in [-0.05, 0) is 59.6 Å². The second-order valence-corrected chi connectivity index (χ2v) is 5.75. The van der Waals surface area contributed by atoms with Crippen LogP contribution in [0.15, 0.2) is 47.1 Å². The van der Waals surface area contributed by atoms with E-state index in [9.17, 15) is 4.79 Å². The number of nitrogens with zero attached hydrogens (tertiary/aromatic N) is 2. The number of aromatic nitrogens is 2. The van der Waals surface area contributed by atoms with Crippen LogP contribution in [0, 0.1) is 13.8 Å². The molecule has 0 atom stereocenters. The van der Waals surface area contributed by atoms with Gasteiger partial charge >= 0.3 is 0 Å². The number of benzene rings is 2. The Kier molecular flexibility index (Phi) is 5.17. The molecular weight excluding hydrogens is 334 g/mol. The number of rotatable bonds is 6. The van der Waals surface area contributed by atoms with Crippen LogP contribution in [0.3, 0.4) is 0 Å². The van der Waals surface area contributed by atoms with Crippen LogP contribution < -0.4 is 14.8 Å². The molecule has 0 aliphatic carbocycles. The fourth-order valence-electron chi connectivity index (χ4n) is 2.54. The Labute approximate surface area is 150 Å². The molecule has 0 aliphatic heterocycles. The van der Waals surface area contributed by atoms with Gasteiger partial charge in [-0.25, -0.2) is 4.63 Å². The van der Waals surface area contributed by atoms with Crippen molar-refractivity contribution in [2.45, 2.75) is 13.8 Å². The maximum Gasteiger partial charge on any atom is 0.263 e. The summed E-state index contributed by atoms with van der Waals surface area (Å²) in [5, 5.41) is 10.3. The Bertz CT molecular complexity index is 883. The van der Waals surface area contributed by atoms with Gasteiger partial charge in [0.25, 0.3) is 5.91 Å². The number of carbonyl (C=O) groups is 1. The molecule has 134 valence electrons. The van der Waals surface area contributed by atoms with Crippen molar-refractivity contribution in [2.75, 3.05) is 19.0 Å². The molecule has 1 N–H and O–H groups in total. The summed E-state index contributed by atoms with van der Waals surface area (Å²) in [5.74, 6) is 1.32. The van der Waals surface area contributed by atoms with E-state index in [1.807, 2.05) is 32.0 Å². The highest BCUT2D eigenvalue weighted by molar-refractivity contribution is 5.94. The molecule has 26 heavy (non-hydrogen) atoms. The predicted molar refractivity (Wildman–Crippen MR) is 96.3 cm³/mol. The maximum atomic E-state index is 12.2. The molecule has 0 aliphatic rings. The molecule has 1 amide bonds. The summed E-state index contributed by atoms with van der Waals surface area (Å²) < 4.78 is 15.5. The van der Waals surface area contributed by atoms with Crippen molar-refractivity contribution >= 4 is 11.7 Å². The van der Waals surface area contributed by atoms with E-state index in [0.29, 0.717) is 11.4 Å². The highest BCUT2D eigenvalue weighted by Crippen LogP contribution is 2.26. The third-order valence-electron chi connectivity index (χ3n) is 3.87. The van der Waals surface area contributed by atoms with Gasteiger partial charge in [0.1, 0.15) is 11.5 Å². The molecule has 0 bridgehead atoms. The molecule has 0 spiro atoms. The Morgan fingerprint density at radius 1 is 1.08 bits per heavy atom. The highest BCUT2D eigenvalue weighted by atomic mass is 16.6. The summed E-state index contributed by atoms with van der Waals surface area (Å²) in [6, 6.07) is 13.0. The van der Waals surface area contributed by atoms with Gasteiger partial charge in [-0.2, -0.15) is 0 Å². The molecule has 7 heteroatoms. The second-order valence-electron chi connectivity index (χ2n) is 5.75. The monoisotopic (exact) mass is 353 g/mol. The Hall–Kier alpha value is -3.35. The molecule has 1 heterocycles. The zero-order chi connectivity index (χ0) is 18.5. The summed E-state index contributed by atoms with van der Waals surface area (Å²) in [5.41, 5.74) is 3.13. The number of carbonyl (C=O) groups excluding carboxylic acids is 1. The standard InChI is InChI=1S/C19H19N3O4/c1-12-5-4-6-13(2)18(12)25-11-16(23)20-19-17(21-26-22-19)14-7-9-15(24-3)10-8-14/h4-10H,11H2,1-3H3,(H,20,22,23). The fraction of sp³-hybridized carbons (Fsp3) is 0.211. The molecule has 0 fully saturated rings. The number of methoxy groups -OCH3 is 1. The van der Waals surface area contributed by atoms with E-state index in [1.165, 1.54) is 0 Å². The second kappa shape index (κ2) is 7.69. The van der Waals surface area contributed by atoms with Gasteiger partial charge in [-0.1, -0.05) is 18.2 Å². The van der Waals surface area contributed by atoms with E-state index in [0.717, 1.165) is 22.4 Å². The van der Waals surface area contributed by atoms with Gasteiger partial charge in [0, 0.05) is 5.56 Å². The van der Waals surface area contributed by atoms with Crippen LogP contribution in [-0.2, 0) is 4.79 Å². The minimum absolute atomic E-state index is 0.138. The lowest BCUT2D eigenvalue weighted by Gasteiger charge is -2.11. The normalized spacial score (nSPS) is 10.4. The van der Waals surface area contributed by atoms with Gasteiger partial charge < -0.3 is 14.8 Å².